The summed E-state index contributed by atoms with van der Waals surface area (Å²) >= 11 is 0. The maximum absolute atomic E-state index is 13.0. The van der Waals surface area contributed by atoms with Gasteiger partial charge in [-0.15, -0.1) is 5.10 Å². The quantitative estimate of drug-likeness (QED) is 0.752. The maximum Gasteiger partial charge on any atom is 0.451 e. The van der Waals surface area contributed by atoms with Crippen LogP contribution in [0.25, 0.3) is 0 Å². The second-order valence-electron chi connectivity index (χ2n) is 7.58. The van der Waals surface area contributed by atoms with Crippen LogP contribution in [0.5, 0.6) is 11.5 Å². The topological polar surface area (TPSA) is 90.6 Å². The number of piperidine rings is 1. The molecule has 1 fully saturated rings. The SMILES string of the molecule is Cn1c(C(F)(F)F)nn(C2CCN(CC(=O)NCc3ccc4c(c3)OCO4)CC2)c1=O. The molecule has 1 aromatic carbocycles. The first kappa shape index (κ1) is 21.2. The van der Waals surface area contributed by atoms with Crippen LogP contribution in [-0.2, 0) is 24.6 Å². The van der Waals surface area contributed by atoms with Crippen LogP contribution in [0, 0.1) is 0 Å². The molecule has 2 aliphatic heterocycles. The van der Waals surface area contributed by atoms with Crippen LogP contribution in [0.2, 0.25) is 0 Å². The van der Waals surface area contributed by atoms with Crippen molar-refractivity contribution in [2.45, 2.75) is 31.6 Å². The van der Waals surface area contributed by atoms with Gasteiger partial charge >= 0.3 is 11.9 Å². The normalized spacial score (nSPS) is 17.2. The van der Waals surface area contributed by atoms with Crippen molar-refractivity contribution in [2.24, 2.45) is 7.05 Å². The molecule has 2 aromatic rings. The number of rotatable bonds is 5. The highest BCUT2D eigenvalue weighted by Crippen LogP contribution is 2.32. The molecule has 1 saturated heterocycles. The van der Waals surface area contributed by atoms with Gasteiger partial charge in [0.25, 0.3) is 0 Å². The van der Waals surface area contributed by atoms with Gasteiger partial charge in [0, 0.05) is 26.7 Å². The fourth-order valence-corrected chi connectivity index (χ4v) is 3.77. The van der Waals surface area contributed by atoms with Crippen LogP contribution >= 0.6 is 0 Å². The number of hydrogen-bond acceptors (Lipinski definition) is 6. The number of amides is 1. The van der Waals surface area contributed by atoms with Gasteiger partial charge in [-0.25, -0.2) is 9.48 Å². The third kappa shape index (κ3) is 4.53. The summed E-state index contributed by atoms with van der Waals surface area (Å²) in [5, 5.41) is 6.35. The number of hydrogen-bond donors (Lipinski definition) is 1. The van der Waals surface area contributed by atoms with Gasteiger partial charge in [-0.2, -0.15) is 13.2 Å². The number of alkyl halides is 3. The molecule has 0 bridgehead atoms. The zero-order valence-corrected chi connectivity index (χ0v) is 16.8. The van der Waals surface area contributed by atoms with Crippen LogP contribution in [0.3, 0.4) is 0 Å². The summed E-state index contributed by atoms with van der Waals surface area (Å²) in [6, 6.07) is 5.02. The molecule has 4 rings (SSSR count). The van der Waals surface area contributed by atoms with Gasteiger partial charge in [0.05, 0.1) is 12.6 Å². The van der Waals surface area contributed by atoms with E-state index in [9.17, 15) is 22.8 Å². The predicted octanol–water partition coefficient (Wildman–Crippen LogP) is 1.28. The van der Waals surface area contributed by atoms with Gasteiger partial charge in [0.15, 0.2) is 11.5 Å². The van der Waals surface area contributed by atoms with Crippen molar-refractivity contribution >= 4 is 5.91 Å². The molecule has 0 radical (unpaired) electrons. The third-order valence-electron chi connectivity index (χ3n) is 5.45. The Hall–Kier alpha value is -3.02. The van der Waals surface area contributed by atoms with E-state index in [0.29, 0.717) is 48.5 Å². The van der Waals surface area contributed by atoms with E-state index in [1.54, 1.807) is 6.07 Å². The number of nitrogens with one attached hydrogen (secondary N) is 1. The number of nitrogens with zero attached hydrogens (tertiary/aromatic N) is 4. The Morgan fingerprint density at radius 1 is 1.23 bits per heavy atom. The monoisotopic (exact) mass is 441 g/mol. The number of ether oxygens (including phenoxy) is 2. The zero-order chi connectivity index (χ0) is 22.2. The van der Waals surface area contributed by atoms with Gasteiger partial charge < -0.3 is 14.8 Å². The molecule has 12 heteroatoms. The summed E-state index contributed by atoms with van der Waals surface area (Å²) in [4.78, 5) is 26.3. The molecular weight excluding hydrogens is 419 g/mol. The lowest BCUT2D eigenvalue weighted by molar-refractivity contribution is -0.147. The van der Waals surface area contributed by atoms with Crippen LogP contribution in [-0.4, -0.2) is 51.6 Å². The summed E-state index contributed by atoms with van der Waals surface area (Å²) in [5.41, 5.74) is 0.0959. The summed E-state index contributed by atoms with van der Waals surface area (Å²) < 4.78 is 50.9. The Morgan fingerprint density at radius 2 is 1.94 bits per heavy atom. The van der Waals surface area contributed by atoms with Crippen molar-refractivity contribution in [3.63, 3.8) is 0 Å². The van der Waals surface area contributed by atoms with Crippen molar-refractivity contribution in [3.8, 4) is 11.5 Å². The predicted molar refractivity (Wildman–Crippen MR) is 102 cm³/mol. The van der Waals surface area contributed by atoms with Crippen LogP contribution in [0.15, 0.2) is 23.0 Å². The Kier molecular flexibility index (Phi) is 5.65. The minimum Gasteiger partial charge on any atom is -0.454 e. The van der Waals surface area contributed by atoms with E-state index in [4.69, 9.17) is 9.47 Å². The highest BCUT2D eigenvalue weighted by Gasteiger charge is 2.39. The van der Waals surface area contributed by atoms with E-state index in [0.717, 1.165) is 17.3 Å². The summed E-state index contributed by atoms with van der Waals surface area (Å²) in [7, 11) is 1.06. The number of carbonyl (C=O) groups excluding carboxylic acids is 1. The molecule has 0 unspecified atom stereocenters. The first-order chi connectivity index (χ1) is 14.7. The van der Waals surface area contributed by atoms with Crippen LogP contribution < -0.4 is 20.5 Å². The fraction of sp³-hybridized carbons (Fsp3) is 0.526. The molecule has 1 N–H and O–H groups in total. The molecule has 1 amide bonds. The average molecular weight is 441 g/mol. The van der Waals surface area contributed by atoms with Crippen LogP contribution in [0.1, 0.15) is 30.3 Å². The molecule has 2 aliphatic rings. The van der Waals surface area contributed by atoms with Gasteiger partial charge in [0.1, 0.15) is 0 Å². The lowest BCUT2D eigenvalue weighted by Gasteiger charge is -2.31. The number of halogens is 3. The zero-order valence-electron chi connectivity index (χ0n) is 16.8. The van der Waals surface area contributed by atoms with E-state index in [1.165, 1.54) is 0 Å². The minimum absolute atomic E-state index is 0.162. The molecule has 1 aromatic heterocycles. The number of aromatic nitrogens is 3. The van der Waals surface area contributed by atoms with Crippen molar-refractivity contribution in [1.82, 2.24) is 24.6 Å². The van der Waals surface area contributed by atoms with Crippen molar-refractivity contribution < 1.29 is 27.4 Å². The molecule has 0 spiro atoms. The molecule has 0 aliphatic carbocycles. The molecule has 31 heavy (non-hydrogen) atoms. The number of carbonyl (C=O) groups is 1. The van der Waals surface area contributed by atoms with Gasteiger partial charge in [-0.3, -0.25) is 14.3 Å². The van der Waals surface area contributed by atoms with Crippen molar-refractivity contribution in [3.05, 3.63) is 40.1 Å². The van der Waals surface area contributed by atoms with Gasteiger partial charge in [-0.05, 0) is 30.5 Å². The highest BCUT2D eigenvalue weighted by molar-refractivity contribution is 5.78. The Bertz CT molecular complexity index is 1020. The smallest absolute Gasteiger partial charge is 0.451 e. The summed E-state index contributed by atoms with van der Waals surface area (Å²) in [5.74, 6) is -0.0483. The molecular formula is C19H22F3N5O4. The van der Waals surface area contributed by atoms with E-state index >= 15 is 0 Å². The first-order valence-electron chi connectivity index (χ1n) is 9.82. The Morgan fingerprint density at radius 3 is 2.61 bits per heavy atom. The van der Waals surface area contributed by atoms with E-state index in [1.807, 2.05) is 17.0 Å². The lowest BCUT2D eigenvalue weighted by atomic mass is 10.1. The first-order valence-corrected chi connectivity index (χ1v) is 9.82. The van der Waals surface area contributed by atoms with Crippen molar-refractivity contribution in [2.75, 3.05) is 26.4 Å². The largest absolute Gasteiger partial charge is 0.454 e. The van der Waals surface area contributed by atoms with E-state index in [-0.39, 0.29) is 19.2 Å². The molecule has 168 valence electrons. The second-order valence-corrected chi connectivity index (χ2v) is 7.58. The Balaban J connectivity index is 1.27. The third-order valence-corrected chi connectivity index (χ3v) is 5.45. The lowest BCUT2D eigenvalue weighted by Crippen LogP contribution is -2.43. The molecule has 3 heterocycles. The van der Waals surface area contributed by atoms with Crippen LogP contribution in [0.4, 0.5) is 13.2 Å². The van der Waals surface area contributed by atoms with Crippen molar-refractivity contribution in [1.29, 1.82) is 0 Å². The second kappa shape index (κ2) is 8.25. The maximum atomic E-state index is 13.0. The summed E-state index contributed by atoms with van der Waals surface area (Å²) in [6.07, 6.45) is -3.82. The number of benzene rings is 1. The fourth-order valence-electron chi connectivity index (χ4n) is 3.77. The van der Waals surface area contributed by atoms with E-state index < -0.39 is 23.7 Å². The standard InChI is InChI=1S/C19H22F3N5O4/c1-25-17(19(20,21)22)24-27(18(25)29)13-4-6-26(7-5-13)10-16(28)23-9-12-2-3-14-15(8-12)31-11-30-14/h2-3,8,13H,4-7,9-11H2,1H3,(H,23,28). The van der Waals surface area contributed by atoms with E-state index in [2.05, 4.69) is 10.4 Å². The number of likely N-dealkylation sites (tertiary alicyclic amines) is 1. The molecule has 0 saturated carbocycles. The van der Waals surface area contributed by atoms with Gasteiger partial charge in [0.2, 0.25) is 18.5 Å². The van der Waals surface area contributed by atoms with Gasteiger partial charge in [-0.1, -0.05) is 6.07 Å². The average Bonchev–Trinajstić information content (AvgIpc) is 3.31. The highest BCUT2D eigenvalue weighted by atomic mass is 19.4. The molecule has 9 nitrogen and oxygen atoms in total. The Labute approximate surface area is 175 Å². The molecule has 0 atom stereocenters. The number of fused-ring (bicyclic) bond motifs is 1. The minimum atomic E-state index is -4.68. The summed E-state index contributed by atoms with van der Waals surface area (Å²) in [6.45, 7) is 1.65.